The van der Waals surface area contributed by atoms with Crippen LogP contribution in [0.1, 0.15) is 30.9 Å². The summed E-state index contributed by atoms with van der Waals surface area (Å²) in [6.07, 6.45) is 8.32. The van der Waals surface area contributed by atoms with Crippen LogP contribution in [0.5, 0.6) is 0 Å². The van der Waals surface area contributed by atoms with Gasteiger partial charge in [0.1, 0.15) is 0 Å². The van der Waals surface area contributed by atoms with Crippen molar-refractivity contribution >= 4 is 5.96 Å². The lowest BCUT2D eigenvalue weighted by Gasteiger charge is -2.13. The number of hydrogen-bond acceptors (Lipinski definition) is 2. The molecule has 1 aromatic heterocycles. The van der Waals surface area contributed by atoms with Crippen molar-refractivity contribution in [1.82, 2.24) is 20.2 Å². The van der Waals surface area contributed by atoms with E-state index in [-0.39, 0.29) is 0 Å². The first-order chi connectivity index (χ1) is 14.3. The zero-order valence-electron chi connectivity index (χ0n) is 17.0. The van der Waals surface area contributed by atoms with Gasteiger partial charge >= 0.3 is 0 Å². The van der Waals surface area contributed by atoms with Crippen molar-refractivity contribution in [2.75, 3.05) is 13.1 Å². The van der Waals surface area contributed by atoms with Gasteiger partial charge in [0.15, 0.2) is 5.96 Å². The SMILES string of the molecule is CCNC(=NCc1ccccc1-c1ccc(Cn2ccnc2)cc1)NCC1CC1. The molecule has 2 N–H and O–H groups in total. The molecular weight excluding hydrogens is 358 g/mol. The Kier molecular flexibility index (Phi) is 6.25. The highest BCUT2D eigenvalue weighted by atomic mass is 15.2. The van der Waals surface area contributed by atoms with Crippen LogP contribution in [0.3, 0.4) is 0 Å². The first kappa shape index (κ1) is 19.2. The number of rotatable bonds is 8. The van der Waals surface area contributed by atoms with Gasteiger partial charge in [-0.3, -0.25) is 0 Å². The Bertz CT molecular complexity index is 924. The molecule has 1 fully saturated rings. The van der Waals surface area contributed by atoms with E-state index in [0.717, 1.165) is 31.5 Å². The van der Waals surface area contributed by atoms with E-state index in [2.05, 4.69) is 75.6 Å². The molecule has 0 spiro atoms. The molecule has 0 atom stereocenters. The molecule has 1 aliphatic carbocycles. The highest BCUT2D eigenvalue weighted by Crippen LogP contribution is 2.27. The summed E-state index contributed by atoms with van der Waals surface area (Å²) in [6.45, 7) is 5.49. The van der Waals surface area contributed by atoms with Gasteiger partial charge in [-0.15, -0.1) is 0 Å². The monoisotopic (exact) mass is 387 g/mol. The summed E-state index contributed by atoms with van der Waals surface area (Å²) >= 11 is 0. The van der Waals surface area contributed by atoms with Crippen LogP contribution in [0.15, 0.2) is 72.2 Å². The first-order valence-electron chi connectivity index (χ1n) is 10.5. The van der Waals surface area contributed by atoms with Gasteiger partial charge in [-0.1, -0.05) is 48.5 Å². The summed E-state index contributed by atoms with van der Waals surface area (Å²) in [5, 5.41) is 6.83. The van der Waals surface area contributed by atoms with Gasteiger partial charge in [-0.2, -0.15) is 0 Å². The van der Waals surface area contributed by atoms with Crippen LogP contribution < -0.4 is 10.6 Å². The standard InChI is InChI=1S/C24H29N5/c1-2-26-24(27-15-19-7-8-19)28-16-22-5-3-4-6-23(22)21-11-9-20(10-12-21)17-29-14-13-25-18-29/h3-6,9-14,18-19H,2,7-8,15-17H2,1H3,(H2,26,27,28). The second-order valence-corrected chi connectivity index (χ2v) is 7.61. The zero-order valence-corrected chi connectivity index (χ0v) is 17.0. The molecule has 0 bridgehead atoms. The van der Waals surface area contributed by atoms with E-state index in [4.69, 9.17) is 4.99 Å². The Labute approximate surface area is 172 Å². The third kappa shape index (κ3) is 5.47. The minimum atomic E-state index is 0.660. The van der Waals surface area contributed by atoms with Gasteiger partial charge in [-0.05, 0) is 47.9 Å². The molecular formula is C24H29N5. The molecule has 5 heteroatoms. The fourth-order valence-corrected chi connectivity index (χ4v) is 3.39. The Morgan fingerprint density at radius 2 is 1.93 bits per heavy atom. The van der Waals surface area contributed by atoms with E-state index >= 15 is 0 Å². The third-order valence-corrected chi connectivity index (χ3v) is 5.21. The predicted molar refractivity (Wildman–Crippen MR) is 119 cm³/mol. The Morgan fingerprint density at radius 3 is 2.66 bits per heavy atom. The topological polar surface area (TPSA) is 54.2 Å². The summed E-state index contributed by atoms with van der Waals surface area (Å²) in [6, 6.07) is 17.3. The number of benzene rings is 2. The van der Waals surface area contributed by atoms with E-state index in [1.807, 2.05) is 18.7 Å². The molecule has 1 heterocycles. The fraction of sp³-hybridized carbons (Fsp3) is 0.333. The second kappa shape index (κ2) is 9.41. The number of guanidine groups is 1. The summed E-state index contributed by atoms with van der Waals surface area (Å²) < 4.78 is 2.08. The van der Waals surface area contributed by atoms with E-state index in [1.165, 1.54) is 35.1 Å². The lowest BCUT2D eigenvalue weighted by Crippen LogP contribution is -2.38. The maximum atomic E-state index is 4.82. The van der Waals surface area contributed by atoms with Crippen molar-refractivity contribution in [2.24, 2.45) is 10.9 Å². The molecule has 0 saturated heterocycles. The zero-order chi connectivity index (χ0) is 19.9. The number of aromatic nitrogens is 2. The van der Waals surface area contributed by atoms with Gasteiger partial charge in [0.05, 0.1) is 12.9 Å². The minimum absolute atomic E-state index is 0.660. The highest BCUT2D eigenvalue weighted by Gasteiger charge is 2.21. The van der Waals surface area contributed by atoms with Gasteiger partial charge in [-0.25, -0.2) is 9.98 Å². The number of nitrogens with one attached hydrogen (secondary N) is 2. The predicted octanol–water partition coefficient (Wildman–Crippen LogP) is 4.06. The average Bonchev–Trinajstić information content (AvgIpc) is 3.45. The first-order valence-corrected chi connectivity index (χ1v) is 10.5. The molecule has 1 saturated carbocycles. The third-order valence-electron chi connectivity index (χ3n) is 5.21. The summed E-state index contributed by atoms with van der Waals surface area (Å²) in [7, 11) is 0. The Balaban J connectivity index is 1.47. The molecule has 0 aliphatic heterocycles. The van der Waals surface area contributed by atoms with Crippen molar-refractivity contribution in [3.05, 3.63) is 78.4 Å². The largest absolute Gasteiger partial charge is 0.357 e. The molecule has 2 aromatic carbocycles. The number of hydrogen-bond donors (Lipinski definition) is 2. The molecule has 0 amide bonds. The Morgan fingerprint density at radius 1 is 1.10 bits per heavy atom. The summed E-state index contributed by atoms with van der Waals surface area (Å²) in [4.78, 5) is 8.93. The molecule has 150 valence electrons. The number of aliphatic imine (C=N–C) groups is 1. The van der Waals surface area contributed by atoms with Gasteiger partial charge in [0.25, 0.3) is 0 Å². The summed E-state index contributed by atoms with van der Waals surface area (Å²) in [5.41, 5.74) is 4.96. The van der Waals surface area contributed by atoms with Crippen LogP contribution in [0.2, 0.25) is 0 Å². The maximum Gasteiger partial charge on any atom is 0.191 e. The van der Waals surface area contributed by atoms with Crippen molar-refractivity contribution in [2.45, 2.75) is 32.9 Å². The number of imidazole rings is 1. The minimum Gasteiger partial charge on any atom is -0.357 e. The molecule has 1 aliphatic rings. The normalized spacial score (nSPS) is 14.0. The van der Waals surface area contributed by atoms with Crippen LogP contribution in [0, 0.1) is 5.92 Å². The average molecular weight is 388 g/mol. The van der Waals surface area contributed by atoms with Gasteiger partial charge in [0.2, 0.25) is 0 Å². The van der Waals surface area contributed by atoms with Crippen LogP contribution in [0.4, 0.5) is 0 Å². The lowest BCUT2D eigenvalue weighted by molar-refractivity contribution is 0.739. The quantitative estimate of drug-likeness (QED) is 0.453. The van der Waals surface area contributed by atoms with Crippen LogP contribution in [0.25, 0.3) is 11.1 Å². The summed E-state index contributed by atoms with van der Waals surface area (Å²) in [5.74, 6) is 1.73. The van der Waals surface area contributed by atoms with Crippen LogP contribution in [-0.4, -0.2) is 28.6 Å². The Hall–Kier alpha value is -3.08. The molecule has 4 rings (SSSR count). The highest BCUT2D eigenvalue weighted by molar-refractivity contribution is 5.80. The van der Waals surface area contributed by atoms with Crippen molar-refractivity contribution in [1.29, 1.82) is 0 Å². The number of nitrogens with zero attached hydrogens (tertiary/aromatic N) is 3. The van der Waals surface area contributed by atoms with Crippen LogP contribution in [-0.2, 0) is 13.1 Å². The molecule has 3 aromatic rings. The van der Waals surface area contributed by atoms with E-state index in [9.17, 15) is 0 Å². The maximum absolute atomic E-state index is 4.82. The second-order valence-electron chi connectivity index (χ2n) is 7.61. The lowest BCUT2D eigenvalue weighted by atomic mass is 9.98. The van der Waals surface area contributed by atoms with Crippen molar-refractivity contribution in [3.8, 4) is 11.1 Å². The van der Waals surface area contributed by atoms with Gasteiger partial charge < -0.3 is 15.2 Å². The van der Waals surface area contributed by atoms with E-state index < -0.39 is 0 Å². The van der Waals surface area contributed by atoms with Crippen molar-refractivity contribution in [3.63, 3.8) is 0 Å². The molecule has 0 radical (unpaired) electrons. The smallest absolute Gasteiger partial charge is 0.191 e. The molecule has 29 heavy (non-hydrogen) atoms. The van der Waals surface area contributed by atoms with E-state index in [0.29, 0.717) is 6.54 Å². The van der Waals surface area contributed by atoms with E-state index in [1.54, 1.807) is 0 Å². The molecule has 5 nitrogen and oxygen atoms in total. The van der Waals surface area contributed by atoms with Gasteiger partial charge in [0, 0.05) is 32.0 Å². The van der Waals surface area contributed by atoms with Crippen molar-refractivity contribution < 1.29 is 0 Å². The fourth-order valence-electron chi connectivity index (χ4n) is 3.39. The van der Waals surface area contributed by atoms with Crippen LogP contribution >= 0.6 is 0 Å². The molecule has 0 unspecified atom stereocenters.